The molecule has 2 rings (SSSR count). The fourth-order valence-corrected chi connectivity index (χ4v) is 3.22. The highest BCUT2D eigenvalue weighted by molar-refractivity contribution is 5.95. The number of rotatable bonds is 5. The summed E-state index contributed by atoms with van der Waals surface area (Å²) in [6, 6.07) is 0. The second-order valence-corrected chi connectivity index (χ2v) is 7.44. The van der Waals surface area contributed by atoms with Gasteiger partial charge in [0.2, 0.25) is 5.91 Å². The molecule has 134 valence electrons. The van der Waals surface area contributed by atoms with Crippen molar-refractivity contribution in [2.45, 2.75) is 53.9 Å². The number of aromatic amines is 1. The van der Waals surface area contributed by atoms with Gasteiger partial charge in [-0.25, -0.2) is 0 Å². The first-order valence-corrected chi connectivity index (χ1v) is 9.04. The molecular formula is C19H31N3O2. The Labute approximate surface area is 145 Å². The van der Waals surface area contributed by atoms with Gasteiger partial charge in [-0.2, -0.15) is 0 Å². The molecule has 2 heterocycles. The van der Waals surface area contributed by atoms with Crippen molar-refractivity contribution >= 4 is 11.8 Å². The quantitative estimate of drug-likeness (QED) is 0.870. The number of carbonyl (C=O) groups is 2. The van der Waals surface area contributed by atoms with Crippen LogP contribution >= 0.6 is 0 Å². The summed E-state index contributed by atoms with van der Waals surface area (Å²) in [5, 5.41) is 3.02. The van der Waals surface area contributed by atoms with E-state index in [0.717, 1.165) is 49.2 Å². The van der Waals surface area contributed by atoms with E-state index >= 15 is 0 Å². The summed E-state index contributed by atoms with van der Waals surface area (Å²) in [4.78, 5) is 30.2. The molecule has 2 N–H and O–H groups in total. The van der Waals surface area contributed by atoms with Gasteiger partial charge in [-0.3, -0.25) is 9.59 Å². The summed E-state index contributed by atoms with van der Waals surface area (Å²) in [6.07, 6.45) is 2.73. The van der Waals surface area contributed by atoms with Crippen LogP contribution in [0.3, 0.4) is 0 Å². The van der Waals surface area contributed by atoms with Gasteiger partial charge in [0.05, 0.1) is 5.92 Å². The van der Waals surface area contributed by atoms with Crippen LogP contribution in [0.5, 0.6) is 0 Å². The topological polar surface area (TPSA) is 65.2 Å². The molecule has 1 atom stereocenters. The molecule has 0 bridgehead atoms. The lowest BCUT2D eigenvalue weighted by Gasteiger charge is -2.32. The monoisotopic (exact) mass is 333 g/mol. The van der Waals surface area contributed by atoms with Crippen LogP contribution in [0, 0.1) is 32.6 Å². The summed E-state index contributed by atoms with van der Waals surface area (Å²) >= 11 is 0. The summed E-state index contributed by atoms with van der Waals surface area (Å²) in [5.41, 5.74) is 3.86. The predicted molar refractivity (Wildman–Crippen MR) is 96.1 cm³/mol. The van der Waals surface area contributed by atoms with E-state index in [1.807, 2.05) is 25.7 Å². The molecule has 0 spiro atoms. The molecular weight excluding hydrogens is 302 g/mol. The van der Waals surface area contributed by atoms with E-state index in [9.17, 15) is 9.59 Å². The molecule has 0 radical (unpaired) electrons. The van der Waals surface area contributed by atoms with Crippen LogP contribution < -0.4 is 5.32 Å². The van der Waals surface area contributed by atoms with Crippen molar-refractivity contribution < 1.29 is 9.59 Å². The number of aromatic nitrogens is 1. The lowest BCUT2D eigenvalue weighted by molar-refractivity contribution is -0.126. The maximum Gasteiger partial charge on any atom is 0.270 e. The van der Waals surface area contributed by atoms with E-state index in [4.69, 9.17) is 0 Å². The summed E-state index contributed by atoms with van der Waals surface area (Å²) in [7, 11) is 0. The molecule has 24 heavy (non-hydrogen) atoms. The van der Waals surface area contributed by atoms with Crippen LogP contribution in [0.25, 0.3) is 0 Å². The Morgan fingerprint density at radius 2 is 1.96 bits per heavy atom. The third kappa shape index (κ3) is 4.19. The highest BCUT2D eigenvalue weighted by Gasteiger charge is 2.30. The molecule has 5 nitrogen and oxygen atoms in total. The highest BCUT2D eigenvalue weighted by Crippen LogP contribution is 2.22. The van der Waals surface area contributed by atoms with Crippen molar-refractivity contribution in [1.82, 2.24) is 15.2 Å². The molecule has 1 aliphatic heterocycles. The molecule has 1 fully saturated rings. The van der Waals surface area contributed by atoms with Crippen LogP contribution in [0.15, 0.2) is 0 Å². The zero-order chi connectivity index (χ0) is 17.9. The van der Waals surface area contributed by atoms with Crippen molar-refractivity contribution in [2.24, 2.45) is 11.8 Å². The average Bonchev–Trinajstić information content (AvgIpc) is 2.81. The highest BCUT2D eigenvalue weighted by atomic mass is 16.2. The van der Waals surface area contributed by atoms with Gasteiger partial charge < -0.3 is 15.2 Å². The van der Waals surface area contributed by atoms with Crippen LogP contribution in [-0.2, 0) is 4.79 Å². The lowest BCUT2D eigenvalue weighted by Crippen LogP contribution is -2.45. The SMILES string of the molecule is Cc1[nH]c(C(=O)N2CCC[C@@H](C(=O)NCCC(C)C)C2)c(C)c1C. The number of nitrogens with one attached hydrogen (secondary N) is 2. The lowest BCUT2D eigenvalue weighted by atomic mass is 9.96. The first-order chi connectivity index (χ1) is 11.3. The van der Waals surface area contributed by atoms with Crippen LogP contribution in [0.2, 0.25) is 0 Å². The van der Waals surface area contributed by atoms with Gasteiger partial charge in [0.15, 0.2) is 0 Å². The minimum Gasteiger partial charge on any atom is -0.356 e. The number of hydrogen-bond acceptors (Lipinski definition) is 2. The van der Waals surface area contributed by atoms with Gasteiger partial charge >= 0.3 is 0 Å². The number of H-pyrrole nitrogens is 1. The van der Waals surface area contributed by atoms with Crippen LogP contribution in [0.1, 0.15) is 60.4 Å². The van der Waals surface area contributed by atoms with Gasteiger partial charge in [-0.15, -0.1) is 0 Å². The molecule has 0 unspecified atom stereocenters. The fraction of sp³-hybridized carbons (Fsp3) is 0.684. The Morgan fingerprint density at radius 3 is 2.54 bits per heavy atom. The molecule has 0 aliphatic carbocycles. The van der Waals surface area contributed by atoms with E-state index in [0.29, 0.717) is 18.2 Å². The predicted octanol–water partition coefficient (Wildman–Crippen LogP) is 2.95. The van der Waals surface area contributed by atoms with Crippen LogP contribution in [0.4, 0.5) is 0 Å². The Balaban J connectivity index is 1.98. The maximum absolute atomic E-state index is 12.8. The molecule has 2 amide bonds. The standard InChI is InChI=1S/C19H31N3O2/c1-12(2)8-9-20-18(23)16-7-6-10-22(11-16)19(24)17-14(4)13(3)15(5)21-17/h12,16,21H,6-11H2,1-5H3,(H,20,23)/t16-/m1/s1. The van der Waals surface area contributed by atoms with Gasteiger partial charge in [-0.05, 0) is 57.1 Å². The number of nitrogens with zero attached hydrogens (tertiary/aromatic N) is 1. The van der Waals surface area contributed by atoms with Gasteiger partial charge in [-0.1, -0.05) is 13.8 Å². The Bertz CT molecular complexity index is 604. The van der Waals surface area contributed by atoms with Crippen molar-refractivity contribution in [3.05, 3.63) is 22.5 Å². The molecule has 0 saturated carbocycles. The molecule has 1 aromatic heterocycles. The number of carbonyl (C=O) groups excluding carboxylic acids is 2. The van der Waals surface area contributed by atoms with E-state index in [1.54, 1.807) is 0 Å². The van der Waals surface area contributed by atoms with Crippen LogP contribution in [-0.4, -0.2) is 41.3 Å². The molecule has 1 aliphatic rings. The third-order valence-corrected chi connectivity index (χ3v) is 5.13. The number of likely N-dealkylation sites (tertiary alicyclic amines) is 1. The second-order valence-electron chi connectivity index (χ2n) is 7.44. The molecule has 5 heteroatoms. The Kier molecular flexibility index (Phi) is 6.08. The first kappa shape index (κ1) is 18.6. The summed E-state index contributed by atoms with van der Waals surface area (Å²) in [5.74, 6) is 0.594. The minimum atomic E-state index is -0.0904. The minimum absolute atomic E-state index is 0.0170. The van der Waals surface area contributed by atoms with Gasteiger partial charge in [0.1, 0.15) is 5.69 Å². The average molecular weight is 333 g/mol. The normalized spacial score (nSPS) is 18.1. The van der Waals surface area contributed by atoms with Crippen molar-refractivity contribution in [3.63, 3.8) is 0 Å². The first-order valence-electron chi connectivity index (χ1n) is 9.04. The largest absolute Gasteiger partial charge is 0.356 e. The van der Waals surface area contributed by atoms with E-state index in [2.05, 4.69) is 24.1 Å². The third-order valence-electron chi connectivity index (χ3n) is 5.13. The van der Waals surface area contributed by atoms with Crippen molar-refractivity contribution in [1.29, 1.82) is 0 Å². The number of piperidine rings is 1. The number of amides is 2. The number of aryl methyl sites for hydroxylation is 1. The Hall–Kier alpha value is -1.78. The maximum atomic E-state index is 12.8. The smallest absolute Gasteiger partial charge is 0.270 e. The zero-order valence-corrected chi connectivity index (χ0v) is 15.7. The Morgan fingerprint density at radius 1 is 1.25 bits per heavy atom. The van der Waals surface area contributed by atoms with Gasteiger partial charge in [0, 0.05) is 25.3 Å². The number of hydrogen-bond donors (Lipinski definition) is 2. The van der Waals surface area contributed by atoms with Crippen molar-refractivity contribution in [3.8, 4) is 0 Å². The van der Waals surface area contributed by atoms with E-state index in [-0.39, 0.29) is 17.7 Å². The zero-order valence-electron chi connectivity index (χ0n) is 15.7. The molecule has 1 aromatic rings. The fourth-order valence-electron chi connectivity index (χ4n) is 3.22. The van der Waals surface area contributed by atoms with Crippen molar-refractivity contribution in [2.75, 3.05) is 19.6 Å². The summed E-state index contributed by atoms with van der Waals surface area (Å²) < 4.78 is 0. The van der Waals surface area contributed by atoms with E-state index < -0.39 is 0 Å². The second kappa shape index (κ2) is 7.86. The molecule has 1 saturated heterocycles. The molecule has 0 aromatic carbocycles. The van der Waals surface area contributed by atoms with E-state index in [1.165, 1.54) is 0 Å². The summed E-state index contributed by atoms with van der Waals surface area (Å²) in [6.45, 7) is 12.3. The van der Waals surface area contributed by atoms with Gasteiger partial charge in [0.25, 0.3) is 5.91 Å².